The predicted molar refractivity (Wildman–Crippen MR) is 80.4 cm³/mol. The molecule has 6 heteroatoms. The van der Waals surface area contributed by atoms with Gasteiger partial charge in [0.2, 0.25) is 0 Å². The van der Waals surface area contributed by atoms with Gasteiger partial charge < -0.3 is 10.4 Å². The van der Waals surface area contributed by atoms with Crippen LogP contribution in [0.3, 0.4) is 0 Å². The van der Waals surface area contributed by atoms with E-state index in [1.807, 2.05) is 13.0 Å². The molecule has 0 radical (unpaired) electrons. The molecule has 2 N–H and O–H groups in total. The van der Waals surface area contributed by atoms with Crippen molar-refractivity contribution >= 4 is 43.6 Å². The minimum Gasteiger partial charge on any atom is -0.507 e. The van der Waals surface area contributed by atoms with Crippen molar-refractivity contribution in [2.75, 3.05) is 5.32 Å². The van der Waals surface area contributed by atoms with Crippen molar-refractivity contribution in [3.8, 4) is 5.75 Å². The minimum atomic E-state index is -0.319. The Hall–Kier alpha value is -1.40. The Labute approximate surface area is 127 Å². The molecule has 0 fully saturated rings. The van der Waals surface area contributed by atoms with E-state index >= 15 is 0 Å². The molecule has 98 valence electrons. The monoisotopic (exact) mass is 384 g/mol. The lowest BCUT2D eigenvalue weighted by Crippen LogP contribution is -2.13. The molecule has 2 aromatic rings. The number of aromatic hydroxyl groups is 1. The molecule has 1 aromatic carbocycles. The van der Waals surface area contributed by atoms with E-state index in [0.29, 0.717) is 15.9 Å². The Morgan fingerprint density at radius 3 is 2.68 bits per heavy atom. The number of phenolic OH excluding ortho intramolecular Hbond substituents is 1. The predicted octanol–water partition coefficient (Wildman–Crippen LogP) is 3.87. The summed E-state index contributed by atoms with van der Waals surface area (Å²) in [7, 11) is 0. The van der Waals surface area contributed by atoms with Crippen LogP contribution in [-0.2, 0) is 0 Å². The van der Waals surface area contributed by atoms with E-state index in [-0.39, 0.29) is 11.7 Å². The van der Waals surface area contributed by atoms with Crippen LogP contribution in [0.25, 0.3) is 0 Å². The normalized spacial score (nSPS) is 10.3. The summed E-state index contributed by atoms with van der Waals surface area (Å²) >= 11 is 6.48. The van der Waals surface area contributed by atoms with E-state index in [0.717, 1.165) is 10.0 Å². The quantitative estimate of drug-likeness (QED) is 0.824. The highest BCUT2D eigenvalue weighted by Crippen LogP contribution is 2.25. The fourth-order valence-corrected chi connectivity index (χ4v) is 2.20. The third-order valence-corrected chi connectivity index (χ3v) is 3.59. The maximum Gasteiger partial charge on any atom is 0.256 e. The molecular weight excluding hydrogens is 376 g/mol. The average molecular weight is 386 g/mol. The molecule has 2 rings (SSSR count). The number of hydrogen-bond acceptors (Lipinski definition) is 3. The van der Waals surface area contributed by atoms with E-state index < -0.39 is 0 Å². The maximum atomic E-state index is 12.0. The highest BCUT2D eigenvalue weighted by atomic mass is 79.9. The zero-order chi connectivity index (χ0) is 14.0. The first kappa shape index (κ1) is 14.0. The van der Waals surface area contributed by atoms with Crippen LogP contribution in [0.15, 0.2) is 39.4 Å². The fraction of sp³-hybridized carbons (Fsp3) is 0.0769. The lowest BCUT2D eigenvalue weighted by atomic mass is 10.2. The van der Waals surface area contributed by atoms with E-state index in [9.17, 15) is 9.90 Å². The van der Waals surface area contributed by atoms with Gasteiger partial charge in [0.1, 0.15) is 11.6 Å². The zero-order valence-electron chi connectivity index (χ0n) is 9.95. The van der Waals surface area contributed by atoms with Crippen molar-refractivity contribution in [1.29, 1.82) is 0 Å². The summed E-state index contributed by atoms with van der Waals surface area (Å²) in [5.74, 6) is 0.199. The first-order valence-corrected chi connectivity index (χ1v) is 6.98. The molecular formula is C13H10Br2N2O2. The first-order chi connectivity index (χ1) is 8.97. The number of nitrogens with one attached hydrogen (secondary N) is 1. The zero-order valence-corrected chi connectivity index (χ0v) is 13.1. The van der Waals surface area contributed by atoms with Gasteiger partial charge in [-0.05, 0) is 68.6 Å². The van der Waals surface area contributed by atoms with Gasteiger partial charge in [0.25, 0.3) is 5.91 Å². The third-order valence-electron chi connectivity index (χ3n) is 2.49. The molecule has 0 aliphatic rings. The standard InChI is InChI=1S/C13H10Br2N2O2/c1-7-4-9(14)6-16-12(7)17-13(19)8-2-3-10(15)11(18)5-8/h2-6,18H,1H3,(H,16,17,19). The Bertz CT molecular complexity index is 645. The molecule has 0 aliphatic carbocycles. The van der Waals surface area contributed by atoms with Crippen LogP contribution in [0.4, 0.5) is 5.82 Å². The summed E-state index contributed by atoms with van der Waals surface area (Å²) in [5, 5.41) is 12.3. The summed E-state index contributed by atoms with van der Waals surface area (Å²) in [4.78, 5) is 16.2. The van der Waals surface area contributed by atoms with Crippen LogP contribution in [0.5, 0.6) is 5.75 Å². The smallest absolute Gasteiger partial charge is 0.256 e. The number of anilines is 1. The molecule has 0 spiro atoms. The van der Waals surface area contributed by atoms with Crippen molar-refractivity contribution in [3.05, 3.63) is 50.5 Å². The van der Waals surface area contributed by atoms with Crippen molar-refractivity contribution in [1.82, 2.24) is 4.98 Å². The minimum absolute atomic E-state index is 0.0214. The van der Waals surface area contributed by atoms with Crippen LogP contribution in [-0.4, -0.2) is 16.0 Å². The molecule has 1 amide bonds. The fourth-order valence-electron chi connectivity index (χ4n) is 1.50. The molecule has 0 saturated heterocycles. The van der Waals surface area contributed by atoms with E-state index in [2.05, 4.69) is 42.2 Å². The van der Waals surface area contributed by atoms with Crippen LogP contribution in [0.1, 0.15) is 15.9 Å². The van der Waals surface area contributed by atoms with Crippen LogP contribution in [0.2, 0.25) is 0 Å². The molecule has 0 bridgehead atoms. The summed E-state index contributed by atoms with van der Waals surface area (Å²) in [6.07, 6.45) is 1.61. The molecule has 19 heavy (non-hydrogen) atoms. The Morgan fingerprint density at radius 1 is 1.32 bits per heavy atom. The molecule has 1 aromatic heterocycles. The molecule has 4 nitrogen and oxygen atoms in total. The summed E-state index contributed by atoms with van der Waals surface area (Å²) < 4.78 is 1.39. The van der Waals surface area contributed by atoms with Crippen molar-refractivity contribution in [3.63, 3.8) is 0 Å². The molecule has 0 aliphatic heterocycles. The SMILES string of the molecule is Cc1cc(Br)cnc1NC(=O)c1ccc(Br)c(O)c1. The second kappa shape index (κ2) is 5.71. The second-order valence-electron chi connectivity index (χ2n) is 3.94. The summed E-state index contributed by atoms with van der Waals surface area (Å²) in [6, 6.07) is 6.49. The number of benzene rings is 1. The highest BCUT2D eigenvalue weighted by molar-refractivity contribution is 9.10. The molecule has 0 unspecified atom stereocenters. The largest absolute Gasteiger partial charge is 0.507 e. The van der Waals surface area contributed by atoms with Gasteiger partial charge >= 0.3 is 0 Å². The average Bonchev–Trinajstić information content (AvgIpc) is 2.36. The number of rotatable bonds is 2. The van der Waals surface area contributed by atoms with Gasteiger partial charge in [-0.15, -0.1) is 0 Å². The van der Waals surface area contributed by atoms with Crippen LogP contribution >= 0.6 is 31.9 Å². The topological polar surface area (TPSA) is 62.2 Å². The number of aromatic nitrogens is 1. The van der Waals surface area contributed by atoms with E-state index in [1.165, 1.54) is 6.07 Å². The summed E-state index contributed by atoms with van der Waals surface area (Å²) in [6.45, 7) is 1.85. The number of halogens is 2. The third kappa shape index (κ3) is 3.33. The Morgan fingerprint density at radius 2 is 2.05 bits per heavy atom. The van der Waals surface area contributed by atoms with Crippen molar-refractivity contribution in [2.24, 2.45) is 0 Å². The lowest BCUT2D eigenvalue weighted by Gasteiger charge is -2.08. The summed E-state index contributed by atoms with van der Waals surface area (Å²) in [5.41, 5.74) is 1.22. The number of nitrogens with zero attached hydrogens (tertiary/aromatic N) is 1. The van der Waals surface area contributed by atoms with Crippen molar-refractivity contribution in [2.45, 2.75) is 6.92 Å². The second-order valence-corrected chi connectivity index (χ2v) is 5.71. The number of pyridine rings is 1. The first-order valence-electron chi connectivity index (χ1n) is 5.39. The highest BCUT2D eigenvalue weighted by Gasteiger charge is 2.10. The van der Waals surface area contributed by atoms with Crippen LogP contribution < -0.4 is 5.32 Å². The Kier molecular flexibility index (Phi) is 4.21. The molecule has 0 saturated carbocycles. The van der Waals surface area contributed by atoms with Gasteiger partial charge in [0.05, 0.1) is 4.47 Å². The van der Waals surface area contributed by atoms with Gasteiger partial charge in [-0.2, -0.15) is 0 Å². The van der Waals surface area contributed by atoms with E-state index in [4.69, 9.17) is 0 Å². The molecule has 1 heterocycles. The van der Waals surface area contributed by atoms with Crippen LogP contribution in [0, 0.1) is 6.92 Å². The van der Waals surface area contributed by atoms with Crippen molar-refractivity contribution < 1.29 is 9.90 Å². The number of phenols is 1. The number of amides is 1. The van der Waals surface area contributed by atoms with Gasteiger partial charge in [-0.3, -0.25) is 4.79 Å². The van der Waals surface area contributed by atoms with Gasteiger partial charge in [0.15, 0.2) is 0 Å². The maximum absolute atomic E-state index is 12.0. The number of carbonyl (C=O) groups excluding carboxylic acids is 1. The number of hydrogen-bond donors (Lipinski definition) is 2. The van der Waals surface area contributed by atoms with E-state index in [1.54, 1.807) is 18.3 Å². The Balaban J connectivity index is 2.23. The van der Waals surface area contributed by atoms with Gasteiger partial charge in [-0.1, -0.05) is 0 Å². The number of aryl methyl sites for hydroxylation is 1. The molecule has 0 atom stereocenters. The van der Waals surface area contributed by atoms with Gasteiger partial charge in [-0.25, -0.2) is 4.98 Å². The number of carbonyl (C=O) groups is 1. The lowest BCUT2D eigenvalue weighted by molar-refractivity contribution is 0.102. The van der Waals surface area contributed by atoms with Gasteiger partial charge in [0, 0.05) is 16.2 Å².